The van der Waals surface area contributed by atoms with Gasteiger partial charge >= 0.3 is 0 Å². The molecule has 21 heavy (non-hydrogen) atoms. The van der Waals surface area contributed by atoms with E-state index in [0.717, 1.165) is 6.54 Å². The summed E-state index contributed by atoms with van der Waals surface area (Å²) in [5.41, 5.74) is 2.58. The maximum atomic E-state index is 12.4. The summed E-state index contributed by atoms with van der Waals surface area (Å²) >= 11 is 0. The zero-order chi connectivity index (χ0) is 15.8. The van der Waals surface area contributed by atoms with Crippen LogP contribution in [0.25, 0.3) is 0 Å². The van der Waals surface area contributed by atoms with Crippen molar-refractivity contribution in [1.29, 1.82) is 4.78 Å². The van der Waals surface area contributed by atoms with Gasteiger partial charge in [0, 0.05) is 33.6 Å². The van der Waals surface area contributed by atoms with E-state index in [1.807, 2.05) is 0 Å². The van der Waals surface area contributed by atoms with Crippen molar-refractivity contribution in [3.05, 3.63) is 35.4 Å². The SMILES string of the molecule is CC(C)c1ccccc1C1CS(=N)(=O)CCN1C(C)(C)C. The normalized spacial score (nSPS) is 28.0. The molecule has 1 heterocycles. The third-order valence-corrected chi connectivity index (χ3v) is 6.00. The zero-order valence-electron chi connectivity index (χ0n) is 13.8. The average Bonchev–Trinajstić information content (AvgIpc) is 2.36. The van der Waals surface area contributed by atoms with Gasteiger partial charge in [0.05, 0.1) is 5.75 Å². The number of hydrogen-bond acceptors (Lipinski definition) is 3. The molecule has 3 nitrogen and oxygen atoms in total. The standard InChI is InChI=1S/C17H28N2OS/c1-13(2)14-8-6-7-9-15(14)16-12-21(18,20)11-10-19(16)17(3,4)5/h6-9,13,16,18H,10-12H2,1-5H3. The number of nitrogens with zero attached hydrogens (tertiary/aromatic N) is 1. The number of benzene rings is 1. The molecule has 0 saturated carbocycles. The van der Waals surface area contributed by atoms with Crippen molar-refractivity contribution in [2.24, 2.45) is 0 Å². The Kier molecular flexibility index (Phi) is 4.50. The summed E-state index contributed by atoms with van der Waals surface area (Å²) in [5, 5.41) is 0. The highest BCUT2D eigenvalue weighted by molar-refractivity contribution is 7.92. The minimum Gasteiger partial charge on any atom is -0.290 e. The van der Waals surface area contributed by atoms with Crippen LogP contribution in [-0.2, 0) is 9.73 Å². The molecule has 0 amide bonds. The molecule has 0 radical (unpaired) electrons. The van der Waals surface area contributed by atoms with Gasteiger partial charge < -0.3 is 0 Å². The molecule has 2 unspecified atom stereocenters. The van der Waals surface area contributed by atoms with Crippen molar-refractivity contribution < 1.29 is 4.21 Å². The number of hydrogen-bond donors (Lipinski definition) is 1. The number of rotatable bonds is 2. The Hall–Kier alpha value is -0.870. The van der Waals surface area contributed by atoms with Crippen LogP contribution in [0.2, 0.25) is 0 Å². The van der Waals surface area contributed by atoms with Crippen LogP contribution in [0, 0.1) is 4.78 Å². The van der Waals surface area contributed by atoms with E-state index >= 15 is 0 Å². The largest absolute Gasteiger partial charge is 0.290 e. The lowest BCUT2D eigenvalue weighted by Crippen LogP contribution is -2.51. The monoisotopic (exact) mass is 308 g/mol. The molecule has 0 aromatic heterocycles. The van der Waals surface area contributed by atoms with Crippen molar-refractivity contribution in [2.45, 2.75) is 52.1 Å². The van der Waals surface area contributed by atoms with Crippen LogP contribution in [-0.4, -0.2) is 32.7 Å². The van der Waals surface area contributed by atoms with Crippen LogP contribution in [0.5, 0.6) is 0 Å². The second kappa shape index (κ2) is 5.73. The maximum Gasteiger partial charge on any atom is 0.0514 e. The van der Waals surface area contributed by atoms with E-state index in [2.05, 4.69) is 63.8 Å². The first kappa shape index (κ1) is 16.5. The Morgan fingerprint density at radius 1 is 1.29 bits per heavy atom. The van der Waals surface area contributed by atoms with Crippen molar-refractivity contribution >= 4 is 9.73 Å². The maximum absolute atomic E-state index is 12.4. The first-order valence-corrected chi connectivity index (χ1v) is 9.61. The molecular formula is C17H28N2OS. The van der Waals surface area contributed by atoms with E-state index < -0.39 is 9.73 Å². The molecule has 1 aliphatic heterocycles. The fraction of sp³-hybridized carbons (Fsp3) is 0.647. The summed E-state index contributed by atoms with van der Waals surface area (Å²) in [4.78, 5) is 2.42. The highest BCUT2D eigenvalue weighted by Gasteiger charge is 2.37. The van der Waals surface area contributed by atoms with E-state index in [4.69, 9.17) is 4.78 Å². The summed E-state index contributed by atoms with van der Waals surface area (Å²) < 4.78 is 20.5. The van der Waals surface area contributed by atoms with Gasteiger partial charge in [-0.05, 0) is 37.8 Å². The Labute approximate surface area is 129 Å². The molecule has 1 fully saturated rings. The molecule has 0 aliphatic carbocycles. The smallest absolute Gasteiger partial charge is 0.0514 e. The second-order valence-electron chi connectivity index (χ2n) is 7.35. The Bertz CT molecular complexity index is 599. The topological polar surface area (TPSA) is 44.2 Å². The molecule has 1 saturated heterocycles. The number of nitrogens with one attached hydrogen (secondary N) is 1. The van der Waals surface area contributed by atoms with Gasteiger partial charge in [-0.3, -0.25) is 9.68 Å². The molecule has 118 valence electrons. The van der Waals surface area contributed by atoms with Crippen LogP contribution >= 0.6 is 0 Å². The fourth-order valence-corrected chi connectivity index (χ4v) is 4.76. The molecule has 4 heteroatoms. The molecule has 1 N–H and O–H groups in total. The first-order valence-electron chi connectivity index (χ1n) is 7.71. The average molecular weight is 308 g/mol. The predicted octanol–water partition coefficient (Wildman–Crippen LogP) is 4.01. The Balaban J connectivity index is 2.50. The van der Waals surface area contributed by atoms with Crippen molar-refractivity contribution in [3.8, 4) is 0 Å². The van der Waals surface area contributed by atoms with E-state index in [1.54, 1.807) is 0 Å². The van der Waals surface area contributed by atoms with Gasteiger partial charge in [-0.15, -0.1) is 0 Å². The lowest BCUT2D eigenvalue weighted by atomic mass is 9.90. The molecular weight excluding hydrogens is 280 g/mol. The van der Waals surface area contributed by atoms with Crippen LogP contribution in [0.4, 0.5) is 0 Å². The first-order chi connectivity index (χ1) is 9.62. The molecule has 1 aliphatic rings. The molecule has 2 rings (SSSR count). The lowest BCUT2D eigenvalue weighted by Gasteiger charge is -2.45. The molecule has 1 aromatic carbocycles. The summed E-state index contributed by atoms with van der Waals surface area (Å²) in [5.74, 6) is 1.38. The van der Waals surface area contributed by atoms with Crippen molar-refractivity contribution in [3.63, 3.8) is 0 Å². The Morgan fingerprint density at radius 3 is 2.48 bits per heavy atom. The van der Waals surface area contributed by atoms with Gasteiger partial charge in [0.2, 0.25) is 0 Å². The van der Waals surface area contributed by atoms with Crippen LogP contribution in [0.3, 0.4) is 0 Å². The fourth-order valence-electron chi connectivity index (χ4n) is 3.23. The van der Waals surface area contributed by atoms with Gasteiger partial charge in [-0.25, -0.2) is 4.21 Å². The van der Waals surface area contributed by atoms with Crippen molar-refractivity contribution in [1.82, 2.24) is 4.90 Å². The summed E-state index contributed by atoms with van der Waals surface area (Å²) in [6.45, 7) is 11.7. The molecule has 1 aromatic rings. The van der Waals surface area contributed by atoms with E-state index in [-0.39, 0.29) is 11.6 Å². The highest BCUT2D eigenvalue weighted by atomic mass is 32.2. The van der Waals surface area contributed by atoms with E-state index in [9.17, 15) is 4.21 Å². The summed E-state index contributed by atoms with van der Waals surface area (Å²) in [6.07, 6.45) is 0. The summed E-state index contributed by atoms with van der Waals surface area (Å²) in [7, 11) is -2.46. The Morgan fingerprint density at radius 2 is 1.90 bits per heavy atom. The van der Waals surface area contributed by atoms with Crippen LogP contribution < -0.4 is 0 Å². The predicted molar refractivity (Wildman–Crippen MR) is 90.3 cm³/mol. The van der Waals surface area contributed by atoms with E-state index in [1.165, 1.54) is 11.1 Å². The van der Waals surface area contributed by atoms with Crippen molar-refractivity contribution in [2.75, 3.05) is 18.1 Å². The molecule has 0 bridgehead atoms. The van der Waals surface area contributed by atoms with Gasteiger partial charge in [-0.1, -0.05) is 38.1 Å². The van der Waals surface area contributed by atoms with E-state index in [0.29, 0.717) is 17.4 Å². The van der Waals surface area contributed by atoms with Crippen LogP contribution in [0.1, 0.15) is 57.7 Å². The minimum absolute atomic E-state index is 0.0185. The van der Waals surface area contributed by atoms with Gasteiger partial charge in [-0.2, -0.15) is 0 Å². The second-order valence-corrected chi connectivity index (χ2v) is 9.71. The molecule has 0 spiro atoms. The lowest BCUT2D eigenvalue weighted by molar-refractivity contribution is 0.0944. The quantitative estimate of drug-likeness (QED) is 0.897. The third kappa shape index (κ3) is 3.67. The molecule has 2 atom stereocenters. The minimum atomic E-state index is -2.46. The van der Waals surface area contributed by atoms with Gasteiger partial charge in [0.1, 0.15) is 0 Å². The highest BCUT2D eigenvalue weighted by Crippen LogP contribution is 2.36. The summed E-state index contributed by atoms with van der Waals surface area (Å²) in [6, 6.07) is 8.53. The van der Waals surface area contributed by atoms with Gasteiger partial charge in [0.15, 0.2) is 0 Å². The third-order valence-electron chi connectivity index (χ3n) is 4.30. The zero-order valence-corrected chi connectivity index (χ0v) is 14.7. The van der Waals surface area contributed by atoms with Gasteiger partial charge in [0.25, 0.3) is 0 Å². The van der Waals surface area contributed by atoms with Crippen LogP contribution in [0.15, 0.2) is 24.3 Å².